The standard InChI is InChI=1S/C17H13N3O4.C2H6/c18-15(22)12-7-3-4-8-13(12)19-14(21)9-20-16(23)10-5-1-2-6-11(10)17(20)24;1-2/h1-8H,9H2,(H2,18,22)(H,19,21);1-2H3. The van der Waals surface area contributed by atoms with Crippen LogP contribution in [0.15, 0.2) is 48.5 Å². The van der Waals surface area contributed by atoms with Gasteiger partial charge in [0.2, 0.25) is 5.91 Å². The van der Waals surface area contributed by atoms with Crippen LogP contribution in [0.4, 0.5) is 5.69 Å². The van der Waals surface area contributed by atoms with E-state index in [1.165, 1.54) is 24.3 Å². The molecule has 3 rings (SSSR count). The highest BCUT2D eigenvalue weighted by atomic mass is 16.2. The first kappa shape index (κ1) is 18.9. The summed E-state index contributed by atoms with van der Waals surface area (Å²) in [5, 5.41) is 2.50. The Bertz CT molecular complexity index is 842. The van der Waals surface area contributed by atoms with Gasteiger partial charge in [-0.25, -0.2) is 0 Å². The molecule has 7 heteroatoms. The number of hydrogen-bond donors (Lipinski definition) is 2. The van der Waals surface area contributed by atoms with Crippen molar-refractivity contribution >= 4 is 29.3 Å². The number of carbonyl (C=O) groups excluding carboxylic acids is 4. The zero-order valence-corrected chi connectivity index (χ0v) is 14.5. The van der Waals surface area contributed by atoms with E-state index in [2.05, 4.69) is 5.32 Å². The number of carbonyl (C=O) groups is 4. The Morgan fingerprint density at radius 1 is 0.923 bits per heavy atom. The van der Waals surface area contributed by atoms with Gasteiger partial charge < -0.3 is 11.1 Å². The summed E-state index contributed by atoms with van der Waals surface area (Å²) in [5.74, 6) is -2.33. The Kier molecular flexibility index (Phi) is 5.85. The smallest absolute Gasteiger partial charge is 0.262 e. The highest BCUT2D eigenvalue weighted by Gasteiger charge is 2.36. The Morgan fingerprint density at radius 2 is 1.42 bits per heavy atom. The number of nitrogens with two attached hydrogens (primary N) is 1. The Labute approximate surface area is 150 Å². The molecule has 134 valence electrons. The molecule has 0 aliphatic carbocycles. The minimum atomic E-state index is -0.688. The minimum Gasteiger partial charge on any atom is -0.366 e. The van der Waals surface area contributed by atoms with E-state index in [1.54, 1.807) is 24.3 Å². The molecule has 26 heavy (non-hydrogen) atoms. The topological polar surface area (TPSA) is 110 Å². The molecular formula is C19H19N3O4. The molecule has 1 heterocycles. The maximum atomic E-state index is 12.2. The molecule has 0 aromatic heterocycles. The molecule has 0 saturated heterocycles. The number of imide groups is 1. The van der Waals surface area contributed by atoms with Crippen LogP contribution in [0, 0.1) is 0 Å². The summed E-state index contributed by atoms with van der Waals surface area (Å²) < 4.78 is 0. The SMILES string of the molecule is CC.NC(=O)c1ccccc1NC(=O)CN1C(=O)c2ccccc2C1=O. The van der Waals surface area contributed by atoms with Crippen molar-refractivity contribution in [2.24, 2.45) is 5.73 Å². The average molecular weight is 353 g/mol. The van der Waals surface area contributed by atoms with Crippen molar-refractivity contribution in [1.29, 1.82) is 0 Å². The lowest BCUT2D eigenvalue weighted by Gasteiger charge is -2.14. The molecule has 0 spiro atoms. The van der Waals surface area contributed by atoms with E-state index >= 15 is 0 Å². The predicted octanol–water partition coefficient (Wildman–Crippen LogP) is 2.05. The lowest BCUT2D eigenvalue weighted by molar-refractivity contribution is -0.116. The molecule has 7 nitrogen and oxygen atoms in total. The number of hydrogen-bond acceptors (Lipinski definition) is 4. The number of nitrogens with zero attached hydrogens (tertiary/aromatic N) is 1. The molecule has 0 unspecified atom stereocenters. The first-order valence-corrected chi connectivity index (χ1v) is 8.13. The summed E-state index contributed by atoms with van der Waals surface area (Å²) in [7, 11) is 0. The van der Waals surface area contributed by atoms with Gasteiger partial charge in [0.05, 0.1) is 22.4 Å². The molecule has 0 fully saturated rings. The van der Waals surface area contributed by atoms with Gasteiger partial charge >= 0.3 is 0 Å². The highest BCUT2D eigenvalue weighted by molar-refractivity contribution is 6.22. The van der Waals surface area contributed by atoms with Gasteiger partial charge in [0.1, 0.15) is 6.54 Å². The number of rotatable bonds is 4. The van der Waals surface area contributed by atoms with Crippen molar-refractivity contribution in [2.45, 2.75) is 13.8 Å². The quantitative estimate of drug-likeness (QED) is 0.820. The number of nitrogens with one attached hydrogen (secondary N) is 1. The van der Waals surface area contributed by atoms with E-state index in [9.17, 15) is 19.2 Å². The molecule has 0 radical (unpaired) electrons. The Balaban J connectivity index is 0.00000117. The number of benzene rings is 2. The van der Waals surface area contributed by atoms with Crippen LogP contribution < -0.4 is 11.1 Å². The summed E-state index contributed by atoms with van der Waals surface area (Å²) >= 11 is 0. The summed E-state index contributed by atoms with van der Waals surface area (Å²) in [5.41, 5.74) is 6.16. The first-order chi connectivity index (χ1) is 12.5. The summed E-state index contributed by atoms with van der Waals surface area (Å²) in [6, 6.07) is 12.6. The van der Waals surface area contributed by atoms with E-state index in [1.807, 2.05) is 13.8 Å². The average Bonchev–Trinajstić information content (AvgIpc) is 2.89. The maximum absolute atomic E-state index is 12.2. The maximum Gasteiger partial charge on any atom is 0.262 e. The molecule has 3 N–H and O–H groups in total. The summed E-state index contributed by atoms with van der Waals surface area (Å²) in [6.45, 7) is 3.56. The largest absolute Gasteiger partial charge is 0.366 e. The van der Waals surface area contributed by atoms with Crippen molar-refractivity contribution in [1.82, 2.24) is 4.90 Å². The lowest BCUT2D eigenvalue weighted by atomic mass is 10.1. The molecule has 0 atom stereocenters. The molecule has 0 saturated carbocycles. The molecule has 2 aromatic rings. The lowest BCUT2D eigenvalue weighted by Crippen LogP contribution is -2.37. The van der Waals surface area contributed by atoms with Crippen LogP contribution in [0.3, 0.4) is 0 Å². The van der Waals surface area contributed by atoms with Crippen molar-refractivity contribution in [3.05, 3.63) is 65.2 Å². The monoisotopic (exact) mass is 353 g/mol. The van der Waals surface area contributed by atoms with Crippen LogP contribution in [0.5, 0.6) is 0 Å². The Hall–Kier alpha value is -3.48. The number of fused-ring (bicyclic) bond motifs is 1. The molecule has 1 aliphatic heterocycles. The second-order valence-electron chi connectivity index (χ2n) is 5.20. The van der Waals surface area contributed by atoms with Crippen molar-refractivity contribution in [2.75, 3.05) is 11.9 Å². The first-order valence-electron chi connectivity index (χ1n) is 8.13. The van der Waals surface area contributed by atoms with E-state index in [4.69, 9.17) is 5.73 Å². The van der Waals surface area contributed by atoms with E-state index < -0.39 is 30.2 Å². The fourth-order valence-corrected chi connectivity index (χ4v) is 2.52. The van der Waals surface area contributed by atoms with Crippen LogP contribution in [0.25, 0.3) is 0 Å². The molecular weight excluding hydrogens is 334 g/mol. The van der Waals surface area contributed by atoms with Gasteiger partial charge in [-0.1, -0.05) is 38.1 Å². The van der Waals surface area contributed by atoms with E-state index in [0.717, 1.165) is 4.90 Å². The van der Waals surface area contributed by atoms with Crippen LogP contribution in [0.2, 0.25) is 0 Å². The third kappa shape index (κ3) is 3.61. The van der Waals surface area contributed by atoms with Gasteiger partial charge in [0, 0.05) is 0 Å². The van der Waals surface area contributed by atoms with Crippen LogP contribution in [0.1, 0.15) is 44.9 Å². The van der Waals surface area contributed by atoms with E-state index in [0.29, 0.717) is 0 Å². The van der Waals surface area contributed by atoms with Crippen LogP contribution >= 0.6 is 0 Å². The van der Waals surface area contributed by atoms with Gasteiger partial charge in [-0.15, -0.1) is 0 Å². The van der Waals surface area contributed by atoms with Crippen molar-refractivity contribution < 1.29 is 19.2 Å². The predicted molar refractivity (Wildman–Crippen MR) is 96.7 cm³/mol. The third-order valence-corrected chi connectivity index (χ3v) is 3.65. The van der Waals surface area contributed by atoms with Crippen LogP contribution in [-0.4, -0.2) is 35.1 Å². The van der Waals surface area contributed by atoms with Crippen molar-refractivity contribution in [3.63, 3.8) is 0 Å². The van der Waals surface area contributed by atoms with Crippen molar-refractivity contribution in [3.8, 4) is 0 Å². The fourth-order valence-electron chi connectivity index (χ4n) is 2.52. The highest BCUT2D eigenvalue weighted by Crippen LogP contribution is 2.22. The van der Waals surface area contributed by atoms with Gasteiger partial charge in [-0.3, -0.25) is 24.1 Å². The van der Waals surface area contributed by atoms with Gasteiger partial charge in [-0.05, 0) is 24.3 Å². The number of primary amides is 1. The van der Waals surface area contributed by atoms with Crippen LogP contribution in [-0.2, 0) is 4.79 Å². The summed E-state index contributed by atoms with van der Waals surface area (Å²) in [4.78, 5) is 48.8. The number of para-hydroxylation sites is 1. The molecule has 2 aromatic carbocycles. The minimum absolute atomic E-state index is 0.146. The van der Waals surface area contributed by atoms with Gasteiger partial charge in [-0.2, -0.15) is 0 Å². The molecule has 1 aliphatic rings. The summed E-state index contributed by atoms with van der Waals surface area (Å²) in [6.07, 6.45) is 0. The number of anilines is 1. The zero-order chi connectivity index (χ0) is 19.3. The second-order valence-corrected chi connectivity index (χ2v) is 5.20. The third-order valence-electron chi connectivity index (χ3n) is 3.65. The molecule has 0 bridgehead atoms. The normalized spacial score (nSPS) is 12.2. The molecule has 4 amide bonds. The zero-order valence-electron chi connectivity index (χ0n) is 14.5. The Morgan fingerprint density at radius 3 is 1.96 bits per heavy atom. The second kappa shape index (κ2) is 8.06. The fraction of sp³-hybridized carbons (Fsp3) is 0.158. The van der Waals surface area contributed by atoms with E-state index in [-0.39, 0.29) is 22.4 Å². The van der Waals surface area contributed by atoms with Gasteiger partial charge in [0.15, 0.2) is 0 Å². The van der Waals surface area contributed by atoms with Gasteiger partial charge in [0.25, 0.3) is 17.7 Å². The number of amides is 4.